The Labute approximate surface area is 55.4 Å². The Hall–Kier alpha value is -0.830. The van der Waals surface area contributed by atoms with E-state index in [2.05, 4.69) is 4.99 Å². The summed E-state index contributed by atoms with van der Waals surface area (Å²) in [5.74, 6) is 0. The predicted octanol–water partition coefficient (Wildman–Crippen LogP) is -0.123. The van der Waals surface area contributed by atoms with E-state index in [1.165, 1.54) is 0 Å². The number of rotatable bonds is 2. The maximum atomic E-state index is 5.45. The van der Waals surface area contributed by atoms with Gasteiger partial charge in [0, 0.05) is 25.0 Å². The summed E-state index contributed by atoms with van der Waals surface area (Å²) in [6.45, 7) is 1.83. The fourth-order valence-corrected chi connectivity index (χ4v) is 0.312. The quantitative estimate of drug-likeness (QED) is 0.508. The Morgan fingerprint density at radius 3 is 2.56 bits per heavy atom. The third-order valence-electron chi connectivity index (χ3n) is 0.942. The van der Waals surface area contributed by atoms with Crippen molar-refractivity contribution in [3.05, 3.63) is 11.8 Å². The highest BCUT2D eigenvalue weighted by atomic mass is 14.7. The van der Waals surface area contributed by atoms with Gasteiger partial charge in [-0.1, -0.05) is 0 Å². The SMILES string of the molecule is CN=CC=C(N)[C@@H](C)N. The fourth-order valence-electron chi connectivity index (χ4n) is 0.312. The van der Waals surface area contributed by atoms with Crippen LogP contribution in [0.2, 0.25) is 0 Å². The molecule has 3 heteroatoms. The van der Waals surface area contributed by atoms with Crippen molar-refractivity contribution in [1.29, 1.82) is 0 Å². The lowest BCUT2D eigenvalue weighted by molar-refractivity contribution is 0.849. The van der Waals surface area contributed by atoms with Crippen LogP contribution in [0.25, 0.3) is 0 Å². The van der Waals surface area contributed by atoms with Crippen LogP contribution < -0.4 is 11.5 Å². The summed E-state index contributed by atoms with van der Waals surface area (Å²) >= 11 is 0. The molecule has 0 aliphatic carbocycles. The Kier molecular flexibility index (Phi) is 3.71. The smallest absolute Gasteiger partial charge is 0.0414 e. The van der Waals surface area contributed by atoms with Crippen molar-refractivity contribution >= 4 is 6.21 Å². The monoisotopic (exact) mass is 127 g/mol. The molecule has 0 saturated carbocycles. The molecule has 3 nitrogen and oxygen atoms in total. The van der Waals surface area contributed by atoms with Gasteiger partial charge in [0.05, 0.1) is 0 Å². The summed E-state index contributed by atoms with van der Waals surface area (Å²) in [5.41, 5.74) is 11.5. The molecule has 0 aromatic carbocycles. The maximum Gasteiger partial charge on any atom is 0.0414 e. The molecule has 0 heterocycles. The first-order chi connectivity index (χ1) is 4.18. The Balaban J connectivity index is 3.84. The van der Waals surface area contributed by atoms with Crippen molar-refractivity contribution in [3.8, 4) is 0 Å². The van der Waals surface area contributed by atoms with Crippen molar-refractivity contribution in [1.82, 2.24) is 0 Å². The van der Waals surface area contributed by atoms with Crippen molar-refractivity contribution in [2.75, 3.05) is 7.05 Å². The average Bonchev–Trinajstić information content (AvgIpc) is 1.82. The van der Waals surface area contributed by atoms with Gasteiger partial charge in [0.1, 0.15) is 0 Å². The third-order valence-corrected chi connectivity index (χ3v) is 0.942. The third kappa shape index (κ3) is 3.73. The summed E-state index contributed by atoms with van der Waals surface area (Å²) in [6.07, 6.45) is 3.32. The van der Waals surface area contributed by atoms with Crippen LogP contribution in [0.15, 0.2) is 16.8 Å². The van der Waals surface area contributed by atoms with Gasteiger partial charge in [-0.15, -0.1) is 0 Å². The van der Waals surface area contributed by atoms with Crippen LogP contribution >= 0.6 is 0 Å². The van der Waals surface area contributed by atoms with Gasteiger partial charge in [-0.2, -0.15) is 0 Å². The Morgan fingerprint density at radius 2 is 2.22 bits per heavy atom. The summed E-state index contributed by atoms with van der Waals surface area (Å²) in [7, 11) is 1.69. The van der Waals surface area contributed by atoms with E-state index < -0.39 is 0 Å². The number of hydrogen-bond donors (Lipinski definition) is 2. The van der Waals surface area contributed by atoms with Crippen molar-refractivity contribution in [2.24, 2.45) is 16.5 Å². The van der Waals surface area contributed by atoms with E-state index in [1.54, 1.807) is 19.3 Å². The number of nitrogens with zero attached hydrogens (tertiary/aromatic N) is 1. The van der Waals surface area contributed by atoms with Crippen LogP contribution in [0.1, 0.15) is 6.92 Å². The molecule has 0 radical (unpaired) electrons. The van der Waals surface area contributed by atoms with E-state index in [-0.39, 0.29) is 6.04 Å². The second-order valence-electron chi connectivity index (χ2n) is 1.86. The molecule has 0 spiro atoms. The van der Waals surface area contributed by atoms with Crippen LogP contribution in [0.5, 0.6) is 0 Å². The van der Waals surface area contributed by atoms with Gasteiger partial charge in [-0.05, 0) is 13.0 Å². The van der Waals surface area contributed by atoms with Crippen molar-refractivity contribution in [2.45, 2.75) is 13.0 Å². The first-order valence-electron chi connectivity index (χ1n) is 2.82. The molecule has 0 amide bonds. The molecule has 0 aromatic rings. The highest BCUT2D eigenvalue weighted by molar-refractivity contribution is 5.71. The lowest BCUT2D eigenvalue weighted by Gasteiger charge is -2.01. The lowest BCUT2D eigenvalue weighted by Crippen LogP contribution is -2.23. The predicted molar refractivity (Wildman–Crippen MR) is 40.3 cm³/mol. The summed E-state index contributed by atoms with van der Waals surface area (Å²) < 4.78 is 0. The molecule has 0 saturated heterocycles. The van der Waals surface area contributed by atoms with Gasteiger partial charge in [-0.25, -0.2) is 0 Å². The van der Waals surface area contributed by atoms with Gasteiger partial charge >= 0.3 is 0 Å². The van der Waals surface area contributed by atoms with Gasteiger partial charge in [0.15, 0.2) is 0 Å². The second-order valence-corrected chi connectivity index (χ2v) is 1.86. The Bertz CT molecular complexity index is 124. The summed E-state index contributed by atoms with van der Waals surface area (Å²) in [6, 6.07) is -0.0806. The highest BCUT2D eigenvalue weighted by Crippen LogP contribution is 1.85. The molecule has 0 aromatic heterocycles. The van der Waals surface area contributed by atoms with Crippen molar-refractivity contribution < 1.29 is 0 Å². The standard InChI is InChI=1S/C6H13N3/c1-5(7)6(8)3-4-9-2/h3-5H,7-8H2,1-2H3/t5-/m1/s1. The van der Waals surface area contributed by atoms with Gasteiger partial charge in [-0.3, -0.25) is 4.99 Å². The van der Waals surface area contributed by atoms with E-state index in [1.807, 2.05) is 6.92 Å². The molecule has 0 unspecified atom stereocenters. The van der Waals surface area contributed by atoms with Gasteiger partial charge in [0.2, 0.25) is 0 Å². The van der Waals surface area contributed by atoms with E-state index in [9.17, 15) is 0 Å². The average molecular weight is 127 g/mol. The summed E-state index contributed by atoms with van der Waals surface area (Å²) in [5, 5.41) is 0. The van der Waals surface area contributed by atoms with E-state index in [0.29, 0.717) is 5.70 Å². The van der Waals surface area contributed by atoms with Crippen LogP contribution in [-0.4, -0.2) is 19.3 Å². The first kappa shape index (κ1) is 8.17. The zero-order valence-electron chi connectivity index (χ0n) is 5.83. The fraction of sp³-hybridized carbons (Fsp3) is 0.500. The van der Waals surface area contributed by atoms with E-state index in [0.717, 1.165) is 0 Å². The largest absolute Gasteiger partial charge is 0.401 e. The van der Waals surface area contributed by atoms with Crippen LogP contribution in [0.3, 0.4) is 0 Å². The summed E-state index contributed by atoms with van der Waals surface area (Å²) in [4.78, 5) is 3.72. The minimum absolute atomic E-state index is 0.0806. The van der Waals surface area contributed by atoms with E-state index >= 15 is 0 Å². The van der Waals surface area contributed by atoms with E-state index in [4.69, 9.17) is 11.5 Å². The Morgan fingerprint density at radius 1 is 1.67 bits per heavy atom. The molecule has 9 heavy (non-hydrogen) atoms. The topological polar surface area (TPSA) is 64.4 Å². The minimum atomic E-state index is -0.0806. The first-order valence-corrected chi connectivity index (χ1v) is 2.82. The molecular weight excluding hydrogens is 114 g/mol. The molecule has 52 valence electrons. The highest BCUT2D eigenvalue weighted by Gasteiger charge is 1.92. The van der Waals surface area contributed by atoms with Crippen LogP contribution in [0, 0.1) is 0 Å². The van der Waals surface area contributed by atoms with Gasteiger partial charge in [0.25, 0.3) is 0 Å². The molecule has 0 rings (SSSR count). The number of nitrogens with two attached hydrogens (primary N) is 2. The van der Waals surface area contributed by atoms with Crippen LogP contribution in [0.4, 0.5) is 0 Å². The maximum absolute atomic E-state index is 5.45. The van der Waals surface area contributed by atoms with Crippen molar-refractivity contribution in [3.63, 3.8) is 0 Å². The molecule has 4 N–H and O–H groups in total. The number of allylic oxidation sites excluding steroid dienone is 1. The second kappa shape index (κ2) is 4.09. The molecule has 0 fully saturated rings. The molecule has 0 aliphatic rings. The normalized spacial score (nSPS) is 16.6. The molecule has 1 atom stereocenters. The zero-order chi connectivity index (χ0) is 7.28. The van der Waals surface area contributed by atoms with Crippen LogP contribution in [-0.2, 0) is 0 Å². The number of hydrogen-bond acceptors (Lipinski definition) is 3. The molecule has 0 bridgehead atoms. The lowest BCUT2D eigenvalue weighted by atomic mass is 10.2. The zero-order valence-corrected chi connectivity index (χ0v) is 5.83. The molecule has 0 aliphatic heterocycles. The van der Waals surface area contributed by atoms with Gasteiger partial charge < -0.3 is 11.5 Å². The molecular formula is C6H13N3. The number of aliphatic imine (C=N–C) groups is 1. The minimum Gasteiger partial charge on any atom is -0.401 e.